The average molecular weight is 382 g/mol. The zero-order valence-electron chi connectivity index (χ0n) is 13.4. The Morgan fingerprint density at radius 1 is 1.23 bits per heavy atom. The second-order valence-corrected chi connectivity index (χ2v) is 6.40. The van der Waals surface area contributed by atoms with Gasteiger partial charge in [-0.2, -0.15) is 4.98 Å². The lowest BCUT2D eigenvalue weighted by Crippen LogP contribution is -2.36. The summed E-state index contributed by atoms with van der Waals surface area (Å²) in [6.45, 7) is -0.312. The maximum Gasteiger partial charge on any atom is 0.429 e. The number of aliphatic hydroxyl groups is 2. The molecule has 139 valence electrons. The molecule has 0 bridgehead atoms. The van der Waals surface area contributed by atoms with Crippen LogP contribution in [0.2, 0.25) is 0 Å². The minimum atomic E-state index is -2.51. The molecule has 1 radical (unpaired) electrons. The van der Waals surface area contributed by atoms with Gasteiger partial charge in [-0.25, -0.2) is 9.36 Å². The number of para-hydroxylation sites is 1. The molecule has 2 aromatic rings. The molecule has 1 aromatic carbocycles. The minimum Gasteiger partial charge on any atom is -0.398 e. The van der Waals surface area contributed by atoms with E-state index in [0.717, 1.165) is 4.57 Å². The molecule has 1 aliphatic heterocycles. The van der Waals surface area contributed by atoms with E-state index in [1.807, 2.05) is 0 Å². The van der Waals surface area contributed by atoms with E-state index in [1.165, 1.54) is 12.3 Å². The van der Waals surface area contributed by atoms with Crippen molar-refractivity contribution in [2.75, 3.05) is 12.3 Å². The van der Waals surface area contributed by atoms with Crippen LogP contribution in [0.3, 0.4) is 0 Å². The molecule has 2 heterocycles. The molecule has 26 heavy (non-hydrogen) atoms. The number of aromatic nitrogens is 2. The van der Waals surface area contributed by atoms with Crippen LogP contribution in [0.4, 0.5) is 5.82 Å². The van der Waals surface area contributed by atoms with Crippen molar-refractivity contribution in [3.8, 4) is 5.75 Å². The second kappa shape index (κ2) is 7.90. The molecule has 0 spiro atoms. The van der Waals surface area contributed by atoms with Crippen molar-refractivity contribution in [1.29, 1.82) is 0 Å². The van der Waals surface area contributed by atoms with Crippen LogP contribution < -0.4 is 15.9 Å². The van der Waals surface area contributed by atoms with Crippen LogP contribution in [0, 0.1) is 0 Å². The second-order valence-electron chi connectivity index (χ2n) is 5.51. The Labute approximate surface area is 148 Å². The van der Waals surface area contributed by atoms with Crippen molar-refractivity contribution in [2.45, 2.75) is 24.5 Å². The van der Waals surface area contributed by atoms with Gasteiger partial charge in [-0.15, -0.1) is 0 Å². The third-order valence-corrected chi connectivity index (χ3v) is 4.45. The van der Waals surface area contributed by atoms with Gasteiger partial charge in [0.05, 0.1) is 6.61 Å². The Bertz CT molecular complexity index is 831. The summed E-state index contributed by atoms with van der Waals surface area (Å²) in [4.78, 5) is 15.4. The topological polar surface area (TPSA) is 146 Å². The number of nitrogen functional groups attached to an aromatic ring is 1. The molecule has 4 N–H and O–H groups in total. The molecule has 1 unspecified atom stereocenters. The van der Waals surface area contributed by atoms with Gasteiger partial charge in [0, 0.05) is 6.20 Å². The van der Waals surface area contributed by atoms with Gasteiger partial charge in [-0.05, 0) is 18.2 Å². The van der Waals surface area contributed by atoms with E-state index in [0.29, 0.717) is 5.75 Å². The molecule has 11 heteroatoms. The summed E-state index contributed by atoms with van der Waals surface area (Å²) in [6, 6.07) is 9.77. The summed E-state index contributed by atoms with van der Waals surface area (Å²) in [5, 5.41) is 20.2. The first kappa shape index (κ1) is 18.4. The zero-order chi connectivity index (χ0) is 18.7. The van der Waals surface area contributed by atoms with Crippen molar-refractivity contribution in [1.82, 2.24) is 9.55 Å². The standard InChI is InChI=1S/C15H17N3O7P/c16-11-6-7-18(15(21)17-11)14-13(20)12(19)10(24-14)8-23-26(22)25-9-4-2-1-3-5-9/h1-7,10,12-14,19-20H,8H2,(H2,16,17,21)/t10-,12-,13-,14-/m1/s1. The highest BCUT2D eigenvalue weighted by Crippen LogP contribution is 2.32. The molecular weight excluding hydrogens is 365 g/mol. The highest BCUT2D eigenvalue weighted by Gasteiger charge is 2.44. The van der Waals surface area contributed by atoms with Crippen molar-refractivity contribution in [3.05, 3.63) is 53.1 Å². The fraction of sp³-hybridized carbons (Fsp3) is 0.333. The SMILES string of the molecule is Nc1ccn([C@@H]2O[C@H](CO[P](=O)Oc3ccccc3)[C@@H](O)[C@H]2O)c(=O)n1. The minimum absolute atomic E-state index is 0.0224. The highest BCUT2D eigenvalue weighted by molar-refractivity contribution is 7.33. The maximum atomic E-state index is 11.9. The summed E-state index contributed by atoms with van der Waals surface area (Å²) < 4.78 is 28.4. The summed E-state index contributed by atoms with van der Waals surface area (Å²) >= 11 is 0. The fourth-order valence-corrected chi connectivity index (χ4v) is 3.06. The molecule has 0 amide bonds. The van der Waals surface area contributed by atoms with Crippen LogP contribution >= 0.6 is 8.25 Å². The van der Waals surface area contributed by atoms with E-state index in [2.05, 4.69) is 4.98 Å². The van der Waals surface area contributed by atoms with Crippen LogP contribution in [0.25, 0.3) is 0 Å². The summed E-state index contributed by atoms with van der Waals surface area (Å²) in [5.41, 5.74) is 4.68. The number of hydrogen-bond donors (Lipinski definition) is 3. The monoisotopic (exact) mass is 382 g/mol. The summed E-state index contributed by atoms with van der Waals surface area (Å²) in [5.74, 6) is 0.383. The van der Waals surface area contributed by atoms with Gasteiger partial charge in [0.1, 0.15) is 29.9 Å². The predicted molar refractivity (Wildman–Crippen MR) is 89.5 cm³/mol. The van der Waals surface area contributed by atoms with Gasteiger partial charge in [0.2, 0.25) is 0 Å². The first-order chi connectivity index (χ1) is 12.5. The van der Waals surface area contributed by atoms with Crippen LogP contribution in [0.15, 0.2) is 47.4 Å². The molecule has 1 fully saturated rings. The van der Waals surface area contributed by atoms with E-state index < -0.39 is 38.5 Å². The smallest absolute Gasteiger partial charge is 0.398 e. The molecule has 1 aromatic heterocycles. The molecule has 1 aliphatic rings. The maximum absolute atomic E-state index is 11.9. The molecule has 5 atom stereocenters. The Morgan fingerprint density at radius 2 is 1.96 bits per heavy atom. The third kappa shape index (κ3) is 4.06. The van der Waals surface area contributed by atoms with E-state index in [-0.39, 0.29) is 12.4 Å². The van der Waals surface area contributed by atoms with Gasteiger partial charge < -0.3 is 25.2 Å². The van der Waals surface area contributed by atoms with Gasteiger partial charge in [-0.3, -0.25) is 9.09 Å². The molecular formula is C15H17N3O7P. The average Bonchev–Trinajstić information content (AvgIpc) is 2.89. The zero-order valence-corrected chi connectivity index (χ0v) is 14.3. The van der Waals surface area contributed by atoms with E-state index in [4.69, 9.17) is 19.5 Å². The van der Waals surface area contributed by atoms with Crippen LogP contribution in [0.5, 0.6) is 5.75 Å². The number of benzene rings is 1. The molecule has 1 saturated heterocycles. The number of nitrogens with two attached hydrogens (primary N) is 1. The van der Waals surface area contributed by atoms with E-state index >= 15 is 0 Å². The number of anilines is 1. The van der Waals surface area contributed by atoms with Gasteiger partial charge >= 0.3 is 13.9 Å². The number of ether oxygens (including phenoxy) is 1. The summed E-state index contributed by atoms with van der Waals surface area (Å²) in [6.07, 6.45) is -3.65. The molecule has 10 nitrogen and oxygen atoms in total. The van der Waals surface area contributed by atoms with Gasteiger partial charge in [-0.1, -0.05) is 18.2 Å². The largest absolute Gasteiger partial charge is 0.429 e. The van der Waals surface area contributed by atoms with E-state index in [9.17, 15) is 19.6 Å². The van der Waals surface area contributed by atoms with Crippen molar-refractivity contribution < 1.29 is 28.6 Å². The lowest BCUT2D eigenvalue weighted by atomic mass is 10.1. The number of rotatable bonds is 6. The quantitative estimate of drug-likeness (QED) is 0.596. The Hall–Kier alpha value is -2.36. The summed E-state index contributed by atoms with van der Waals surface area (Å²) in [7, 11) is -2.51. The lowest BCUT2D eigenvalue weighted by molar-refractivity contribution is -0.0515. The predicted octanol–water partition coefficient (Wildman–Crippen LogP) is 0.198. The normalized spacial score (nSPS) is 25.8. The van der Waals surface area contributed by atoms with Crippen molar-refractivity contribution >= 4 is 14.1 Å². The fourth-order valence-electron chi connectivity index (χ4n) is 2.44. The van der Waals surface area contributed by atoms with Crippen LogP contribution in [0.1, 0.15) is 6.23 Å². The highest BCUT2D eigenvalue weighted by atomic mass is 31.1. The van der Waals surface area contributed by atoms with Gasteiger partial charge in [0.25, 0.3) is 0 Å². The Balaban J connectivity index is 1.61. The number of hydrogen-bond acceptors (Lipinski definition) is 9. The first-order valence-corrected chi connectivity index (χ1v) is 8.74. The Morgan fingerprint density at radius 3 is 2.65 bits per heavy atom. The van der Waals surface area contributed by atoms with E-state index in [1.54, 1.807) is 30.3 Å². The number of nitrogens with zero attached hydrogens (tertiary/aromatic N) is 2. The third-order valence-electron chi connectivity index (χ3n) is 3.73. The van der Waals surface area contributed by atoms with Crippen molar-refractivity contribution in [3.63, 3.8) is 0 Å². The van der Waals surface area contributed by atoms with Crippen molar-refractivity contribution in [2.24, 2.45) is 0 Å². The van der Waals surface area contributed by atoms with Gasteiger partial charge in [0.15, 0.2) is 6.23 Å². The first-order valence-electron chi connectivity index (χ1n) is 7.65. The Kier molecular flexibility index (Phi) is 5.60. The molecule has 0 saturated carbocycles. The number of aliphatic hydroxyl groups excluding tert-OH is 2. The van der Waals surface area contributed by atoms with Crippen LogP contribution in [-0.2, 0) is 13.8 Å². The molecule has 3 rings (SSSR count). The lowest BCUT2D eigenvalue weighted by Gasteiger charge is -2.16. The van der Waals surface area contributed by atoms with Crippen LogP contribution in [-0.4, -0.2) is 44.7 Å². The molecule has 0 aliphatic carbocycles.